The van der Waals surface area contributed by atoms with Crippen LogP contribution in [0, 0.1) is 0 Å². The number of benzene rings is 1. The van der Waals surface area contributed by atoms with Crippen molar-refractivity contribution in [1.82, 2.24) is 19.9 Å². The largest absolute Gasteiger partial charge is 0.382 e. The Morgan fingerprint density at radius 1 is 1.32 bits per heavy atom. The summed E-state index contributed by atoms with van der Waals surface area (Å²) in [5, 5.41) is 0. The minimum absolute atomic E-state index is 0.400. The summed E-state index contributed by atoms with van der Waals surface area (Å²) in [7, 11) is 1.67. The van der Waals surface area contributed by atoms with Crippen LogP contribution >= 0.6 is 0 Å². The van der Waals surface area contributed by atoms with Gasteiger partial charge in [-0.05, 0) is 11.6 Å². The van der Waals surface area contributed by atoms with Crippen molar-refractivity contribution in [1.29, 1.82) is 0 Å². The van der Waals surface area contributed by atoms with Crippen LogP contribution in [0.15, 0.2) is 30.6 Å². The Bertz CT molecular complexity index is 722. The minimum Gasteiger partial charge on any atom is -0.382 e. The summed E-state index contributed by atoms with van der Waals surface area (Å²) < 4.78 is 5.12. The van der Waals surface area contributed by atoms with Crippen molar-refractivity contribution in [3.8, 4) is 11.4 Å². The molecule has 0 fully saturated rings. The van der Waals surface area contributed by atoms with E-state index in [0.29, 0.717) is 23.6 Å². The van der Waals surface area contributed by atoms with Gasteiger partial charge in [-0.15, -0.1) is 0 Å². The number of methoxy groups -OCH3 is 1. The number of imidazole rings is 1. The molecule has 2 aromatic heterocycles. The van der Waals surface area contributed by atoms with Gasteiger partial charge in [-0.3, -0.25) is 0 Å². The summed E-state index contributed by atoms with van der Waals surface area (Å²) in [6.45, 7) is 0.565. The topological polar surface area (TPSA) is 89.7 Å². The molecule has 3 aromatic rings. The molecule has 0 aliphatic carbocycles. The zero-order valence-electron chi connectivity index (χ0n) is 10.4. The summed E-state index contributed by atoms with van der Waals surface area (Å²) in [6, 6.07) is 7.96. The Labute approximate surface area is 109 Å². The van der Waals surface area contributed by atoms with E-state index < -0.39 is 0 Å². The molecule has 0 spiro atoms. The monoisotopic (exact) mass is 255 g/mol. The van der Waals surface area contributed by atoms with Crippen LogP contribution in [0.2, 0.25) is 0 Å². The SMILES string of the molecule is COCc1cccc(-c2nc3ncnc(N)c3[nH]2)c1. The lowest BCUT2D eigenvalue weighted by molar-refractivity contribution is 0.185. The molecule has 0 radical (unpaired) electrons. The standard InChI is InChI=1S/C13H13N5O/c1-19-6-8-3-2-4-9(5-8)12-17-10-11(14)15-7-16-13(10)18-12/h2-5,7H,6H2,1H3,(H3,14,15,16,17,18). The number of rotatable bonds is 3. The van der Waals surface area contributed by atoms with Gasteiger partial charge in [-0.25, -0.2) is 15.0 Å². The Morgan fingerprint density at radius 2 is 2.21 bits per heavy atom. The maximum absolute atomic E-state index is 5.78. The number of nitrogens with zero attached hydrogens (tertiary/aromatic N) is 3. The number of anilines is 1. The van der Waals surface area contributed by atoms with Gasteiger partial charge in [0.15, 0.2) is 11.5 Å². The van der Waals surface area contributed by atoms with Gasteiger partial charge in [-0.2, -0.15) is 0 Å². The van der Waals surface area contributed by atoms with E-state index in [2.05, 4.69) is 19.9 Å². The van der Waals surface area contributed by atoms with Crippen LogP contribution in [0.1, 0.15) is 5.56 Å². The fourth-order valence-corrected chi connectivity index (χ4v) is 1.96. The molecule has 3 rings (SSSR count). The fraction of sp³-hybridized carbons (Fsp3) is 0.154. The number of nitrogens with one attached hydrogen (secondary N) is 1. The smallest absolute Gasteiger partial charge is 0.183 e. The summed E-state index contributed by atoms with van der Waals surface area (Å²) in [5.41, 5.74) is 9.06. The zero-order chi connectivity index (χ0) is 13.2. The normalized spacial score (nSPS) is 11.0. The molecule has 0 atom stereocenters. The lowest BCUT2D eigenvalue weighted by Crippen LogP contribution is -1.91. The molecule has 0 aliphatic rings. The molecule has 6 heteroatoms. The lowest BCUT2D eigenvalue weighted by atomic mass is 10.1. The highest BCUT2D eigenvalue weighted by molar-refractivity contribution is 5.84. The number of nitrogen functional groups attached to an aromatic ring is 1. The van der Waals surface area contributed by atoms with Crippen LogP contribution in [-0.4, -0.2) is 27.0 Å². The predicted octanol–water partition coefficient (Wildman–Crippen LogP) is 1.75. The zero-order valence-corrected chi connectivity index (χ0v) is 10.4. The first-order chi connectivity index (χ1) is 9.28. The number of aromatic nitrogens is 4. The molecule has 0 aliphatic heterocycles. The molecular weight excluding hydrogens is 242 g/mol. The van der Waals surface area contributed by atoms with Crippen molar-refractivity contribution in [3.05, 3.63) is 36.2 Å². The first kappa shape index (κ1) is 11.6. The molecular formula is C13H13N5O. The van der Waals surface area contributed by atoms with Gasteiger partial charge in [-0.1, -0.05) is 18.2 Å². The Balaban J connectivity index is 2.08. The van der Waals surface area contributed by atoms with E-state index in [1.807, 2.05) is 24.3 Å². The molecule has 2 heterocycles. The van der Waals surface area contributed by atoms with Crippen LogP contribution in [-0.2, 0) is 11.3 Å². The third-order valence-electron chi connectivity index (χ3n) is 2.83. The quantitative estimate of drug-likeness (QED) is 0.744. The van der Waals surface area contributed by atoms with Gasteiger partial charge in [0.1, 0.15) is 17.7 Å². The van der Waals surface area contributed by atoms with E-state index >= 15 is 0 Å². The van der Waals surface area contributed by atoms with E-state index in [-0.39, 0.29) is 0 Å². The predicted molar refractivity (Wildman–Crippen MR) is 72.2 cm³/mol. The van der Waals surface area contributed by atoms with Crippen molar-refractivity contribution in [3.63, 3.8) is 0 Å². The number of hydrogen-bond donors (Lipinski definition) is 2. The molecule has 19 heavy (non-hydrogen) atoms. The number of ether oxygens (including phenoxy) is 1. The summed E-state index contributed by atoms with van der Waals surface area (Å²) in [4.78, 5) is 15.6. The van der Waals surface area contributed by atoms with Gasteiger partial charge in [0.05, 0.1) is 6.61 Å². The molecule has 0 amide bonds. The van der Waals surface area contributed by atoms with Crippen molar-refractivity contribution in [2.45, 2.75) is 6.61 Å². The van der Waals surface area contributed by atoms with Crippen LogP contribution < -0.4 is 5.73 Å². The van der Waals surface area contributed by atoms with Gasteiger partial charge >= 0.3 is 0 Å². The van der Waals surface area contributed by atoms with E-state index in [0.717, 1.165) is 17.0 Å². The van der Waals surface area contributed by atoms with Crippen LogP contribution in [0.5, 0.6) is 0 Å². The Kier molecular flexibility index (Phi) is 2.85. The van der Waals surface area contributed by atoms with E-state index in [4.69, 9.17) is 10.5 Å². The van der Waals surface area contributed by atoms with Crippen molar-refractivity contribution in [2.75, 3.05) is 12.8 Å². The average molecular weight is 255 g/mol. The summed E-state index contributed by atoms with van der Waals surface area (Å²) in [6.07, 6.45) is 1.41. The van der Waals surface area contributed by atoms with E-state index in [9.17, 15) is 0 Å². The molecule has 96 valence electrons. The number of fused-ring (bicyclic) bond motifs is 1. The molecule has 1 aromatic carbocycles. The van der Waals surface area contributed by atoms with E-state index in [1.54, 1.807) is 7.11 Å². The molecule has 0 unspecified atom stereocenters. The Morgan fingerprint density at radius 3 is 3.00 bits per heavy atom. The number of aromatic amines is 1. The number of nitrogens with two attached hydrogens (primary N) is 1. The van der Waals surface area contributed by atoms with E-state index in [1.165, 1.54) is 6.33 Å². The number of hydrogen-bond acceptors (Lipinski definition) is 5. The molecule has 3 N–H and O–H groups in total. The average Bonchev–Trinajstić information content (AvgIpc) is 2.85. The summed E-state index contributed by atoms with van der Waals surface area (Å²) in [5.74, 6) is 1.12. The highest BCUT2D eigenvalue weighted by atomic mass is 16.5. The third-order valence-corrected chi connectivity index (χ3v) is 2.83. The van der Waals surface area contributed by atoms with Crippen LogP contribution in [0.25, 0.3) is 22.6 Å². The van der Waals surface area contributed by atoms with Crippen molar-refractivity contribution in [2.24, 2.45) is 0 Å². The third kappa shape index (κ3) is 2.13. The van der Waals surface area contributed by atoms with Gasteiger partial charge < -0.3 is 15.5 Å². The molecule has 6 nitrogen and oxygen atoms in total. The lowest BCUT2D eigenvalue weighted by Gasteiger charge is -2.01. The Hall–Kier alpha value is -2.47. The molecule has 0 saturated carbocycles. The second-order valence-electron chi connectivity index (χ2n) is 4.18. The van der Waals surface area contributed by atoms with Crippen LogP contribution in [0.4, 0.5) is 5.82 Å². The minimum atomic E-state index is 0.400. The van der Waals surface area contributed by atoms with Crippen molar-refractivity contribution < 1.29 is 4.74 Å². The van der Waals surface area contributed by atoms with Gasteiger partial charge in [0.25, 0.3) is 0 Å². The maximum Gasteiger partial charge on any atom is 0.183 e. The summed E-state index contributed by atoms with van der Waals surface area (Å²) >= 11 is 0. The second-order valence-corrected chi connectivity index (χ2v) is 4.18. The molecule has 0 bridgehead atoms. The van der Waals surface area contributed by atoms with Crippen molar-refractivity contribution >= 4 is 17.0 Å². The fourth-order valence-electron chi connectivity index (χ4n) is 1.96. The van der Waals surface area contributed by atoms with Gasteiger partial charge in [0, 0.05) is 12.7 Å². The highest BCUT2D eigenvalue weighted by Gasteiger charge is 2.09. The number of H-pyrrole nitrogens is 1. The van der Waals surface area contributed by atoms with Gasteiger partial charge in [0.2, 0.25) is 0 Å². The first-order valence-electron chi connectivity index (χ1n) is 5.82. The van der Waals surface area contributed by atoms with Crippen LogP contribution in [0.3, 0.4) is 0 Å². The maximum atomic E-state index is 5.78. The molecule has 0 saturated heterocycles. The second kappa shape index (κ2) is 4.66. The highest BCUT2D eigenvalue weighted by Crippen LogP contribution is 2.22. The first-order valence-corrected chi connectivity index (χ1v) is 5.82.